The van der Waals surface area contributed by atoms with E-state index < -0.39 is 0 Å². The summed E-state index contributed by atoms with van der Waals surface area (Å²) in [5.74, 6) is -0.339. The normalized spacial score (nSPS) is 16.6. The third-order valence-corrected chi connectivity index (χ3v) is 3.66. The molecule has 0 spiro atoms. The lowest BCUT2D eigenvalue weighted by Gasteiger charge is -2.14. The molecule has 0 aliphatic heterocycles. The molecule has 1 aliphatic rings. The number of nitrogens with zero attached hydrogens (tertiary/aromatic N) is 1. The van der Waals surface area contributed by atoms with Gasteiger partial charge in [-0.1, -0.05) is 31.4 Å². The number of hydrogen-bond donors (Lipinski definition) is 2. The van der Waals surface area contributed by atoms with Crippen LogP contribution in [0.3, 0.4) is 0 Å². The predicted octanol–water partition coefficient (Wildman–Crippen LogP) is 4.65. The number of carbonyl (C=O) groups is 1. The van der Waals surface area contributed by atoms with Crippen molar-refractivity contribution in [3.8, 4) is 5.75 Å². The van der Waals surface area contributed by atoms with Gasteiger partial charge in [0.2, 0.25) is 0 Å². The number of unbranched alkanes of at least 4 members (excludes halogenated alkanes) is 2. The molecule has 0 radical (unpaired) electrons. The van der Waals surface area contributed by atoms with Crippen molar-refractivity contribution in [1.82, 2.24) is 0 Å². The van der Waals surface area contributed by atoms with Gasteiger partial charge >= 0.3 is 0 Å². The van der Waals surface area contributed by atoms with Crippen LogP contribution < -0.4 is 0 Å². The van der Waals surface area contributed by atoms with E-state index in [1.54, 1.807) is 6.07 Å². The molecule has 4 nitrogen and oxygen atoms in total. The molecule has 22 heavy (non-hydrogen) atoms. The van der Waals surface area contributed by atoms with Crippen LogP contribution in [-0.2, 0) is 4.79 Å². The van der Waals surface area contributed by atoms with Crippen molar-refractivity contribution in [2.24, 2.45) is 4.99 Å². The molecule has 1 aromatic carbocycles. The van der Waals surface area contributed by atoms with Gasteiger partial charge in [0.1, 0.15) is 17.2 Å². The van der Waals surface area contributed by atoms with Crippen LogP contribution in [0.1, 0.15) is 32.6 Å². The molecular formula is C17H18ClNO3. The van der Waals surface area contributed by atoms with Gasteiger partial charge in [0.05, 0.1) is 10.7 Å². The minimum absolute atomic E-state index is 0.0475. The number of rotatable bonds is 5. The Morgan fingerprint density at radius 2 is 1.95 bits per heavy atom. The smallest absolute Gasteiger partial charge is 0.182 e. The zero-order chi connectivity index (χ0) is 16.1. The molecule has 0 saturated heterocycles. The molecule has 0 atom stereocenters. The Morgan fingerprint density at radius 3 is 2.64 bits per heavy atom. The maximum atomic E-state index is 11.6. The molecule has 0 aromatic heterocycles. The number of allylic oxidation sites excluding steroid dienone is 3. The minimum Gasteiger partial charge on any atom is -0.508 e. The van der Waals surface area contributed by atoms with Crippen LogP contribution in [0.5, 0.6) is 5.75 Å². The maximum Gasteiger partial charge on any atom is 0.182 e. The average molecular weight is 320 g/mol. The lowest BCUT2D eigenvalue weighted by Crippen LogP contribution is -2.14. The summed E-state index contributed by atoms with van der Waals surface area (Å²) < 4.78 is 0. The van der Waals surface area contributed by atoms with Crippen LogP contribution in [0.25, 0.3) is 0 Å². The Bertz CT molecular complexity index is 674. The number of aliphatic imine (C=N–C) groups is 1. The fraction of sp³-hybridized carbons (Fsp3) is 0.294. The molecule has 0 saturated carbocycles. The Kier molecular flexibility index (Phi) is 5.39. The standard InChI is InChI=1S/C17H18ClNO3/c1-2-3-4-5-11-8-13(21)10-16(22)17(11)19-15-7-6-12(20)9-14(15)18/h6-10,20,22H,2-5H2,1H3. The molecule has 0 unspecified atom stereocenters. The fourth-order valence-electron chi connectivity index (χ4n) is 2.24. The van der Waals surface area contributed by atoms with Gasteiger partial charge in [-0.15, -0.1) is 0 Å². The van der Waals surface area contributed by atoms with Gasteiger partial charge in [0, 0.05) is 12.1 Å². The predicted molar refractivity (Wildman–Crippen MR) is 88.2 cm³/mol. The Morgan fingerprint density at radius 1 is 1.18 bits per heavy atom. The summed E-state index contributed by atoms with van der Waals surface area (Å²) in [5.41, 5.74) is 1.51. The molecule has 2 N–H and O–H groups in total. The third-order valence-electron chi connectivity index (χ3n) is 3.36. The number of ketones is 1. The summed E-state index contributed by atoms with van der Waals surface area (Å²) in [5, 5.41) is 19.7. The highest BCUT2D eigenvalue weighted by atomic mass is 35.5. The van der Waals surface area contributed by atoms with Crippen molar-refractivity contribution in [2.45, 2.75) is 32.6 Å². The Labute approximate surface area is 134 Å². The average Bonchev–Trinajstić information content (AvgIpc) is 2.44. The monoisotopic (exact) mass is 319 g/mol. The highest BCUT2D eigenvalue weighted by molar-refractivity contribution is 6.33. The summed E-state index contributed by atoms with van der Waals surface area (Å²) in [7, 11) is 0. The molecule has 0 heterocycles. The van der Waals surface area contributed by atoms with Crippen LogP contribution in [0.15, 0.2) is 46.7 Å². The van der Waals surface area contributed by atoms with Crippen molar-refractivity contribution in [3.05, 3.63) is 46.7 Å². The Balaban J connectivity index is 2.35. The quantitative estimate of drug-likeness (QED) is 0.613. The highest BCUT2D eigenvalue weighted by Crippen LogP contribution is 2.31. The van der Waals surface area contributed by atoms with Crippen LogP contribution in [-0.4, -0.2) is 21.7 Å². The molecule has 1 aromatic rings. The topological polar surface area (TPSA) is 69.9 Å². The molecule has 1 aliphatic carbocycles. The summed E-state index contributed by atoms with van der Waals surface area (Å²) in [6, 6.07) is 4.43. The maximum absolute atomic E-state index is 11.6. The lowest BCUT2D eigenvalue weighted by atomic mass is 9.95. The van der Waals surface area contributed by atoms with Gasteiger partial charge in [-0.3, -0.25) is 4.79 Å². The van der Waals surface area contributed by atoms with E-state index in [0.717, 1.165) is 25.3 Å². The second-order valence-corrected chi connectivity index (χ2v) is 5.56. The summed E-state index contributed by atoms with van der Waals surface area (Å²) in [6.07, 6.45) is 6.36. The molecule has 5 heteroatoms. The Hall–Kier alpha value is -2.07. The molecule has 0 fully saturated rings. The number of carbonyl (C=O) groups excluding carboxylic acids is 1. The first-order chi connectivity index (χ1) is 10.5. The number of aliphatic hydroxyl groups excluding tert-OH is 1. The number of aromatic hydroxyl groups is 1. The summed E-state index contributed by atoms with van der Waals surface area (Å²) in [6.45, 7) is 2.10. The first-order valence-corrected chi connectivity index (χ1v) is 7.62. The first kappa shape index (κ1) is 16.3. The van der Waals surface area contributed by atoms with Crippen molar-refractivity contribution in [3.63, 3.8) is 0 Å². The number of phenolic OH excluding ortho intramolecular Hbond substituents is 1. The lowest BCUT2D eigenvalue weighted by molar-refractivity contribution is -0.110. The third kappa shape index (κ3) is 3.98. The van der Waals surface area contributed by atoms with Gasteiger partial charge in [0.15, 0.2) is 5.78 Å². The largest absolute Gasteiger partial charge is 0.508 e. The number of benzene rings is 1. The van der Waals surface area contributed by atoms with Crippen LogP contribution in [0.4, 0.5) is 5.69 Å². The van der Waals surface area contributed by atoms with E-state index in [0.29, 0.717) is 23.4 Å². The van der Waals surface area contributed by atoms with Crippen LogP contribution in [0.2, 0.25) is 5.02 Å². The van der Waals surface area contributed by atoms with E-state index in [2.05, 4.69) is 11.9 Å². The van der Waals surface area contributed by atoms with Crippen LogP contribution in [0, 0.1) is 0 Å². The molecular weight excluding hydrogens is 302 g/mol. The van der Waals surface area contributed by atoms with Gasteiger partial charge in [0.25, 0.3) is 0 Å². The summed E-state index contributed by atoms with van der Waals surface area (Å²) in [4.78, 5) is 16.0. The van der Waals surface area contributed by atoms with E-state index in [4.69, 9.17) is 11.6 Å². The zero-order valence-electron chi connectivity index (χ0n) is 12.3. The number of hydrogen-bond acceptors (Lipinski definition) is 4. The SMILES string of the molecule is CCCCCC1=CC(=O)C=C(O)C1=Nc1ccc(O)cc1Cl. The molecule has 2 rings (SSSR count). The summed E-state index contributed by atoms with van der Waals surface area (Å²) >= 11 is 6.05. The van der Waals surface area contributed by atoms with Crippen molar-refractivity contribution in [1.29, 1.82) is 0 Å². The van der Waals surface area contributed by atoms with E-state index in [1.807, 2.05) is 0 Å². The molecule has 0 amide bonds. The van der Waals surface area contributed by atoms with E-state index in [-0.39, 0.29) is 22.3 Å². The van der Waals surface area contributed by atoms with E-state index in [9.17, 15) is 15.0 Å². The van der Waals surface area contributed by atoms with Crippen molar-refractivity contribution in [2.75, 3.05) is 0 Å². The number of aliphatic hydroxyl groups is 1. The molecule has 0 bridgehead atoms. The second kappa shape index (κ2) is 7.27. The van der Waals surface area contributed by atoms with Crippen molar-refractivity contribution >= 4 is 28.8 Å². The van der Waals surface area contributed by atoms with Gasteiger partial charge in [-0.2, -0.15) is 0 Å². The van der Waals surface area contributed by atoms with E-state index in [1.165, 1.54) is 18.2 Å². The number of halogens is 1. The highest BCUT2D eigenvalue weighted by Gasteiger charge is 2.19. The van der Waals surface area contributed by atoms with Gasteiger partial charge in [-0.05, 0) is 36.6 Å². The fourth-order valence-corrected chi connectivity index (χ4v) is 2.46. The van der Waals surface area contributed by atoms with Crippen molar-refractivity contribution < 1.29 is 15.0 Å². The number of phenols is 1. The second-order valence-electron chi connectivity index (χ2n) is 5.15. The van der Waals surface area contributed by atoms with Gasteiger partial charge < -0.3 is 10.2 Å². The zero-order valence-corrected chi connectivity index (χ0v) is 13.1. The van der Waals surface area contributed by atoms with Crippen LogP contribution >= 0.6 is 11.6 Å². The van der Waals surface area contributed by atoms with E-state index >= 15 is 0 Å². The first-order valence-electron chi connectivity index (χ1n) is 7.24. The minimum atomic E-state index is -0.236. The molecule has 116 valence electrons. The van der Waals surface area contributed by atoms with Gasteiger partial charge in [-0.25, -0.2) is 4.99 Å².